The third kappa shape index (κ3) is 6.16. The van der Waals surface area contributed by atoms with Crippen molar-refractivity contribution in [3.63, 3.8) is 0 Å². The first-order valence-electron chi connectivity index (χ1n) is 9.99. The number of nitrogens with two attached hydrogens (primary N) is 1. The average molecular weight is 558 g/mol. The lowest BCUT2D eigenvalue weighted by Gasteiger charge is -2.49. The van der Waals surface area contributed by atoms with Crippen molar-refractivity contribution in [3.05, 3.63) is 33.2 Å². The SMILES string of the molecule is CCOC(=O)/C=C\SC1=C(C(=O)O)N2C(=O)[C@@H](NC(=O)/C(=N\OCC(=O)O)c3csc(N)n3)[C@H]2SC1. The van der Waals surface area contributed by atoms with Crippen LogP contribution in [-0.2, 0) is 33.5 Å². The lowest BCUT2D eigenvalue weighted by atomic mass is 10.0. The maximum atomic E-state index is 12.9. The highest BCUT2D eigenvalue weighted by Gasteiger charge is 2.54. The number of thioether (sulfide) groups is 2. The van der Waals surface area contributed by atoms with Crippen LogP contribution in [-0.4, -0.2) is 85.9 Å². The molecule has 2 aliphatic heterocycles. The van der Waals surface area contributed by atoms with Crippen LogP contribution < -0.4 is 11.1 Å². The Hall–Kier alpha value is -3.57. The number of carboxylic acids is 2. The molecule has 0 unspecified atom stereocenters. The zero-order chi connectivity index (χ0) is 26.4. The van der Waals surface area contributed by atoms with Gasteiger partial charge in [-0.2, -0.15) is 0 Å². The van der Waals surface area contributed by atoms with Crippen LogP contribution in [0.4, 0.5) is 5.13 Å². The van der Waals surface area contributed by atoms with Crippen LogP contribution in [0.1, 0.15) is 12.6 Å². The first kappa shape index (κ1) is 27.0. The van der Waals surface area contributed by atoms with Gasteiger partial charge in [0.05, 0.1) is 6.61 Å². The van der Waals surface area contributed by atoms with E-state index in [4.69, 9.17) is 15.6 Å². The molecule has 192 valence electrons. The number of ether oxygens (including phenoxy) is 1. The number of β-lactam (4-membered cyclic amide) rings is 1. The summed E-state index contributed by atoms with van der Waals surface area (Å²) in [4.78, 5) is 69.8. The fraction of sp³-hybridized carbons (Fsp3) is 0.316. The van der Waals surface area contributed by atoms with Crippen LogP contribution in [0, 0.1) is 0 Å². The number of nitrogens with one attached hydrogen (secondary N) is 1. The summed E-state index contributed by atoms with van der Waals surface area (Å²) in [6, 6.07) is -1.08. The maximum Gasteiger partial charge on any atom is 0.353 e. The fourth-order valence-corrected chi connectivity index (χ4v) is 5.86. The molecule has 1 fully saturated rings. The molecule has 0 saturated carbocycles. The molecule has 2 amide bonds. The molecule has 14 nitrogen and oxygen atoms in total. The van der Waals surface area contributed by atoms with Crippen molar-refractivity contribution >= 4 is 75.4 Å². The molecule has 3 heterocycles. The molecular formula is C19H19N5O9S3. The number of nitrogen functional groups attached to an aromatic ring is 1. The number of esters is 1. The summed E-state index contributed by atoms with van der Waals surface area (Å²) in [7, 11) is 0. The number of fused-ring (bicyclic) bond motifs is 1. The zero-order valence-corrected chi connectivity index (χ0v) is 20.9. The van der Waals surface area contributed by atoms with E-state index < -0.39 is 53.5 Å². The number of oxime groups is 1. The highest BCUT2D eigenvalue weighted by atomic mass is 32.2. The molecule has 17 heteroatoms. The van der Waals surface area contributed by atoms with Crippen molar-refractivity contribution in [3.8, 4) is 0 Å². The molecule has 1 aromatic rings. The molecule has 0 aliphatic carbocycles. The fourth-order valence-electron chi connectivity index (χ4n) is 3.01. The third-order valence-electron chi connectivity index (χ3n) is 4.45. The highest BCUT2D eigenvalue weighted by molar-refractivity contribution is 8.08. The third-order valence-corrected chi connectivity index (χ3v) is 7.48. The van der Waals surface area contributed by atoms with Crippen LogP contribution in [0.15, 0.2) is 32.6 Å². The van der Waals surface area contributed by atoms with Gasteiger partial charge in [0.15, 0.2) is 10.8 Å². The summed E-state index contributed by atoms with van der Waals surface area (Å²) in [6.45, 7) is 1.03. The molecular weight excluding hydrogens is 538 g/mol. The van der Waals surface area contributed by atoms with Crippen molar-refractivity contribution in [1.29, 1.82) is 0 Å². The molecule has 1 aromatic heterocycles. The van der Waals surface area contributed by atoms with Crippen LogP contribution in [0.5, 0.6) is 0 Å². The largest absolute Gasteiger partial charge is 0.479 e. The first-order chi connectivity index (χ1) is 17.1. The van der Waals surface area contributed by atoms with Crippen molar-refractivity contribution in [2.75, 3.05) is 24.7 Å². The van der Waals surface area contributed by atoms with Gasteiger partial charge < -0.3 is 30.8 Å². The van der Waals surface area contributed by atoms with Crippen LogP contribution in [0.25, 0.3) is 0 Å². The zero-order valence-electron chi connectivity index (χ0n) is 18.4. The van der Waals surface area contributed by atoms with Gasteiger partial charge in [-0.3, -0.25) is 14.5 Å². The second-order valence-electron chi connectivity index (χ2n) is 6.79. The Labute approximate surface area is 215 Å². The number of hydrogen-bond donors (Lipinski definition) is 4. The molecule has 0 spiro atoms. The van der Waals surface area contributed by atoms with Crippen molar-refractivity contribution in [1.82, 2.24) is 15.2 Å². The van der Waals surface area contributed by atoms with Gasteiger partial charge in [-0.1, -0.05) is 16.9 Å². The van der Waals surface area contributed by atoms with Gasteiger partial charge >= 0.3 is 17.9 Å². The highest BCUT2D eigenvalue weighted by Crippen LogP contribution is 2.43. The lowest BCUT2D eigenvalue weighted by Crippen LogP contribution is -2.71. The number of thiazole rings is 1. The van der Waals surface area contributed by atoms with Gasteiger partial charge in [0.1, 0.15) is 22.8 Å². The minimum Gasteiger partial charge on any atom is -0.479 e. The Morgan fingerprint density at radius 2 is 2.14 bits per heavy atom. The monoisotopic (exact) mass is 557 g/mol. The van der Waals surface area contributed by atoms with Gasteiger partial charge in [-0.15, -0.1) is 23.1 Å². The summed E-state index contributed by atoms with van der Waals surface area (Å²) in [5.74, 6) is -4.60. The van der Waals surface area contributed by atoms with E-state index in [9.17, 15) is 29.1 Å². The predicted octanol–water partition coefficient (Wildman–Crippen LogP) is 0.0367. The topological polar surface area (TPSA) is 211 Å². The number of carboxylic acid groups (broad SMARTS) is 2. The van der Waals surface area contributed by atoms with Crippen LogP contribution >= 0.6 is 34.9 Å². The Morgan fingerprint density at radius 3 is 2.75 bits per heavy atom. The number of amides is 2. The maximum absolute atomic E-state index is 12.9. The normalized spacial score (nSPS) is 19.5. The Morgan fingerprint density at radius 1 is 1.39 bits per heavy atom. The van der Waals surface area contributed by atoms with E-state index in [2.05, 4.69) is 20.3 Å². The van der Waals surface area contributed by atoms with E-state index in [1.807, 2.05) is 0 Å². The summed E-state index contributed by atoms with van der Waals surface area (Å²) in [5.41, 5.74) is 4.96. The Balaban J connectivity index is 1.75. The molecule has 5 N–H and O–H groups in total. The van der Waals surface area contributed by atoms with Crippen molar-refractivity contribution in [2.24, 2.45) is 5.16 Å². The molecule has 3 rings (SSSR count). The summed E-state index contributed by atoms with van der Waals surface area (Å²) in [5, 5.41) is 26.6. The van der Waals surface area contributed by atoms with E-state index in [1.54, 1.807) is 6.92 Å². The van der Waals surface area contributed by atoms with Gasteiger partial charge in [0.2, 0.25) is 6.61 Å². The number of carbonyl (C=O) groups excluding carboxylic acids is 3. The minimum absolute atomic E-state index is 0.0125. The number of hydrogen-bond acceptors (Lipinski definition) is 13. The van der Waals surface area contributed by atoms with Crippen molar-refractivity contribution < 1.29 is 43.8 Å². The van der Waals surface area contributed by atoms with Gasteiger partial charge in [-0.05, 0) is 12.3 Å². The second-order valence-corrected chi connectivity index (χ2v) is 9.78. The molecule has 0 radical (unpaired) electrons. The van der Waals surface area contributed by atoms with E-state index in [0.29, 0.717) is 4.91 Å². The predicted molar refractivity (Wildman–Crippen MR) is 130 cm³/mol. The summed E-state index contributed by atoms with van der Waals surface area (Å²) >= 11 is 3.20. The van der Waals surface area contributed by atoms with E-state index in [-0.39, 0.29) is 28.9 Å². The quantitative estimate of drug-likeness (QED) is 0.0931. The number of rotatable bonds is 11. The van der Waals surface area contributed by atoms with E-state index in [1.165, 1.54) is 22.5 Å². The average Bonchev–Trinajstić information content (AvgIpc) is 3.25. The molecule has 0 aromatic carbocycles. The van der Waals surface area contributed by atoms with Crippen LogP contribution in [0.3, 0.4) is 0 Å². The number of aromatic nitrogens is 1. The van der Waals surface area contributed by atoms with E-state index in [0.717, 1.165) is 34.1 Å². The summed E-state index contributed by atoms with van der Waals surface area (Å²) in [6.07, 6.45) is 1.15. The van der Waals surface area contributed by atoms with Gasteiger partial charge in [-0.25, -0.2) is 19.4 Å². The molecule has 36 heavy (non-hydrogen) atoms. The Bertz CT molecular complexity index is 1180. The van der Waals surface area contributed by atoms with E-state index >= 15 is 0 Å². The number of nitrogens with zero attached hydrogens (tertiary/aromatic N) is 3. The van der Waals surface area contributed by atoms with Gasteiger partial charge in [0.25, 0.3) is 11.8 Å². The van der Waals surface area contributed by atoms with Crippen LogP contribution in [0.2, 0.25) is 0 Å². The lowest BCUT2D eigenvalue weighted by molar-refractivity contribution is -0.150. The Kier molecular flexibility index (Phi) is 8.94. The molecule has 2 atom stereocenters. The first-order valence-corrected chi connectivity index (χ1v) is 12.8. The second kappa shape index (κ2) is 11.9. The number of carbonyl (C=O) groups is 5. The molecule has 0 bridgehead atoms. The minimum atomic E-state index is -1.34. The standard InChI is InChI=1S/C19H19N5O9S3/c1-2-32-11(27)3-4-34-9-7-35-17-13(16(29)24(17)14(9)18(30)31)22-15(28)12(23-33-5-10(25)26)8-6-36-19(20)21-8/h3-4,6,13,17H,2,5,7H2,1H3,(H2,20,21)(H,22,28)(H,25,26)(H,30,31)/b4-3-,23-12-/t13-,17-/m1/s1. The molecule has 1 saturated heterocycles. The van der Waals surface area contributed by atoms with Gasteiger partial charge in [0, 0.05) is 22.1 Å². The number of anilines is 1. The van der Waals surface area contributed by atoms with Crippen molar-refractivity contribution in [2.45, 2.75) is 18.3 Å². The smallest absolute Gasteiger partial charge is 0.353 e. The molecule has 2 aliphatic rings. The summed E-state index contributed by atoms with van der Waals surface area (Å²) < 4.78 is 4.77. The number of aliphatic carboxylic acids is 2.